The quantitative estimate of drug-likeness (QED) is 0.834. The standard InChI is InChI=1S/C21H26N4O3S/c26-21(25-11-9-23(10-12-25)19-6-2-1-3-7-19)22-18-5-4-8-20(17-18)24-13-15-29(27,28)16-14-24/h1-8,17H,9-16H2,(H,22,26). The zero-order chi connectivity index (χ0) is 20.3. The van der Waals surface area contributed by atoms with Crippen LogP contribution in [0.3, 0.4) is 0 Å². The molecule has 8 heteroatoms. The second kappa shape index (κ2) is 8.32. The van der Waals surface area contributed by atoms with Crippen molar-refractivity contribution in [1.29, 1.82) is 0 Å². The van der Waals surface area contributed by atoms with Crippen LogP contribution in [0.5, 0.6) is 0 Å². The Hall–Kier alpha value is -2.74. The fourth-order valence-electron chi connectivity index (χ4n) is 3.76. The van der Waals surface area contributed by atoms with Gasteiger partial charge in [-0.05, 0) is 30.3 Å². The molecule has 0 atom stereocenters. The van der Waals surface area contributed by atoms with Crippen LogP contribution in [0.4, 0.5) is 21.9 Å². The van der Waals surface area contributed by atoms with Gasteiger partial charge in [0.15, 0.2) is 9.84 Å². The summed E-state index contributed by atoms with van der Waals surface area (Å²) in [5, 5.41) is 2.99. The van der Waals surface area contributed by atoms with Crippen LogP contribution in [0.15, 0.2) is 54.6 Å². The van der Waals surface area contributed by atoms with Gasteiger partial charge in [0.25, 0.3) is 0 Å². The number of sulfone groups is 1. The largest absolute Gasteiger partial charge is 0.369 e. The Morgan fingerprint density at radius 3 is 2.07 bits per heavy atom. The zero-order valence-corrected chi connectivity index (χ0v) is 17.1. The topological polar surface area (TPSA) is 73.0 Å². The van der Waals surface area contributed by atoms with Crippen molar-refractivity contribution in [3.05, 3.63) is 54.6 Å². The fourth-order valence-corrected chi connectivity index (χ4v) is 4.96. The third kappa shape index (κ3) is 4.82. The Labute approximate surface area is 171 Å². The minimum absolute atomic E-state index is 0.101. The van der Waals surface area contributed by atoms with Crippen molar-refractivity contribution in [3.8, 4) is 0 Å². The minimum atomic E-state index is -2.91. The van der Waals surface area contributed by atoms with Gasteiger partial charge in [0.1, 0.15) is 0 Å². The Morgan fingerprint density at radius 2 is 1.38 bits per heavy atom. The SMILES string of the molecule is O=C(Nc1cccc(N2CCS(=O)(=O)CC2)c1)N1CCN(c2ccccc2)CC1. The molecule has 2 aromatic rings. The summed E-state index contributed by atoms with van der Waals surface area (Å²) in [5.41, 5.74) is 2.85. The number of anilines is 3. The molecule has 2 aliphatic rings. The molecule has 154 valence electrons. The van der Waals surface area contributed by atoms with Gasteiger partial charge >= 0.3 is 6.03 Å². The Balaban J connectivity index is 1.33. The normalized spacial score (nSPS) is 19.1. The molecular weight excluding hydrogens is 388 g/mol. The Morgan fingerprint density at radius 1 is 0.759 bits per heavy atom. The number of amides is 2. The van der Waals surface area contributed by atoms with Crippen molar-refractivity contribution in [3.63, 3.8) is 0 Å². The summed E-state index contributed by atoms with van der Waals surface area (Å²) >= 11 is 0. The molecule has 2 fully saturated rings. The number of urea groups is 1. The van der Waals surface area contributed by atoms with Gasteiger partial charge in [-0.2, -0.15) is 0 Å². The van der Waals surface area contributed by atoms with Gasteiger partial charge in [0.05, 0.1) is 11.5 Å². The number of rotatable bonds is 3. The Bertz CT molecular complexity index is 943. The molecule has 4 rings (SSSR count). The molecule has 0 aromatic heterocycles. The first-order valence-corrected chi connectivity index (χ1v) is 11.7. The van der Waals surface area contributed by atoms with E-state index in [1.807, 2.05) is 47.4 Å². The average Bonchev–Trinajstić information content (AvgIpc) is 2.75. The molecule has 7 nitrogen and oxygen atoms in total. The summed E-state index contributed by atoms with van der Waals surface area (Å²) in [6.45, 7) is 3.93. The van der Waals surface area contributed by atoms with E-state index in [0.717, 1.165) is 24.5 Å². The van der Waals surface area contributed by atoms with Crippen molar-refractivity contribution in [2.24, 2.45) is 0 Å². The third-order valence-electron chi connectivity index (χ3n) is 5.50. The first kappa shape index (κ1) is 19.6. The van der Waals surface area contributed by atoms with Crippen LogP contribution in [0.25, 0.3) is 0 Å². The monoisotopic (exact) mass is 414 g/mol. The summed E-state index contributed by atoms with van der Waals surface area (Å²) in [4.78, 5) is 18.9. The van der Waals surface area contributed by atoms with Gasteiger partial charge in [0, 0.05) is 56.3 Å². The molecule has 2 saturated heterocycles. The van der Waals surface area contributed by atoms with E-state index < -0.39 is 9.84 Å². The molecule has 1 N–H and O–H groups in total. The molecule has 0 spiro atoms. The number of para-hydroxylation sites is 1. The second-order valence-electron chi connectivity index (χ2n) is 7.43. The van der Waals surface area contributed by atoms with E-state index in [9.17, 15) is 13.2 Å². The number of nitrogens with one attached hydrogen (secondary N) is 1. The third-order valence-corrected chi connectivity index (χ3v) is 7.10. The molecule has 2 aliphatic heterocycles. The molecule has 2 amide bonds. The van der Waals surface area contributed by atoms with E-state index in [4.69, 9.17) is 0 Å². The van der Waals surface area contributed by atoms with Crippen molar-refractivity contribution >= 4 is 32.9 Å². The first-order valence-electron chi connectivity index (χ1n) is 9.92. The van der Waals surface area contributed by atoms with Crippen molar-refractivity contribution in [2.75, 3.05) is 65.9 Å². The van der Waals surface area contributed by atoms with E-state index in [2.05, 4.69) is 27.2 Å². The zero-order valence-electron chi connectivity index (χ0n) is 16.3. The summed E-state index contributed by atoms with van der Waals surface area (Å²) in [5.74, 6) is 0.352. The summed E-state index contributed by atoms with van der Waals surface area (Å²) in [6.07, 6.45) is 0. The highest BCUT2D eigenvalue weighted by molar-refractivity contribution is 7.91. The minimum Gasteiger partial charge on any atom is -0.369 e. The van der Waals surface area contributed by atoms with Gasteiger partial charge in [-0.3, -0.25) is 0 Å². The molecular formula is C21H26N4O3S. The number of hydrogen-bond donors (Lipinski definition) is 1. The smallest absolute Gasteiger partial charge is 0.321 e. The maximum absolute atomic E-state index is 12.7. The summed E-state index contributed by atoms with van der Waals surface area (Å²) in [7, 11) is -2.91. The van der Waals surface area contributed by atoms with Crippen LogP contribution in [0.2, 0.25) is 0 Å². The van der Waals surface area contributed by atoms with Crippen molar-refractivity contribution < 1.29 is 13.2 Å². The van der Waals surface area contributed by atoms with E-state index in [1.54, 1.807) is 0 Å². The van der Waals surface area contributed by atoms with Crippen LogP contribution >= 0.6 is 0 Å². The lowest BCUT2D eigenvalue weighted by molar-refractivity contribution is 0.208. The van der Waals surface area contributed by atoms with Crippen molar-refractivity contribution in [1.82, 2.24) is 4.90 Å². The van der Waals surface area contributed by atoms with Gasteiger partial charge < -0.3 is 20.0 Å². The van der Waals surface area contributed by atoms with Gasteiger partial charge in [-0.1, -0.05) is 24.3 Å². The van der Waals surface area contributed by atoms with Crippen LogP contribution in [-0.4, -0.2) is 70.1 Å². The van der Waals surface area contributed by atoms with Gasteiger partial charge in [-0.15, -0.1) is 0 Å². The highest BCUT2D eigenvalue weighted by Gasteiger charge is 2.23. The number of carbonyl (C=O) groups is 1. The molecule has 0 unspecified atom stereocenters. The predicted octanol–water partition coefficient (Wildman–Crippen LogP) is 2.28. The predicted molar refractivity (Wildman–Crippen MR) is 117 cm³/mol. The van der Waals surface area contributed by atoms with E-state index in [-0.39, 0.29) is 17.5 Å². The lowest BCUT2D eigenvalue weighted by Gasteiger charge is -2.36. The average molecular weight is 415 g/mol. The van der Waals surface area contributed by atoms with Crippen LogP contribution in [-0.2, 0) is 9.84 Å². The van der Waals surface area contributed by atoms with Crippen LogP contribution < -0.4 is 15.1 Å². The van der Waals surface area contributed by atoms with Crippen molar-refractivity contribution in [2.45, 2.75) is 0 Å². The number of nitrogens with zero attached hydrogens (tertiary/aromatic N) is 3. The lowest BCUT2D eigenvalue weighted by atomic mass is 10.2. The number of piperazine rings is 1. The molecule has 0 aliphatic carbocycles. The summed E-state index contributed by atoms with van der Waals surface area (Å²) < 4.78 is 23.3. The highest BCUT2D eigenvalue weighted by Crippen LogP contribution is 2.22. The van der Waals surface area contributed by atoms with E-state index in [1.165, 1.54) is 5.69 Å². The van der Waals surface area contributed by atoms with Gasteiger partial charge in [0.2, 0.25) is 0 Å². The molecule has 29 heavy (non-hydrogen) atoms. The lowest BCUT2D eigenvalue weighted by Crippen LogP contribution is -2.50. The number of benzene rings is 2. The van der Waals surface area contributed by atoms with E-state index in [0.29, 0.717) is 26.2 Å². The van der Waals surface area contributed by atoms with E-state index >= 15 is 0 Å². The van der Waals surface area contributed by atoms with Crippen LogP contribution in [0.1, 0.15) is 0 Å². The molecule has 2 heterocycles. The fraction of sp³-hybridized carbons (Fsp3) is 0.381. The van der Waals surface area contributed by atoms with Gasteiger partial charge in [-0.25, -0.2) is 13.2 Å². The second-order valence-corrected chi connectivity index (χ2v) is 9.73. The maximum Gasteiger partial charge on any atom is 0.321 e. The first-order chi connectivity index (χ1) is 14.0. The Kier molecular flexibility index (Phi) is 5.62. The highest BCUT2D eigenvalue weighted by atomic mass is 32.2. The number of hydrogen-bond acceptors (Lipinski definition) is 5. The van der Waals surface area contributed by atoms with Crippen LogP contribution in [0, 0.1) is 0 Å². The molecule has 0 bridgehead atoms. The maximum atomic E-state index is 12.7. The molecule has 0 saturated carbocycles. The summed E-state index contributed by atoms with van der Waals surface area (Å²) in [6, 6.07) is 17.8. The molecule has 2 aromatic carbocycles. The molecule has 0 radical (unpaired) electrons. The number of carbonyl (C=O) groups excluding carboxylic acids is 1.